The van der Waals surface area contributed by atoms with Gasteiger partial charge in [0.2, 0.25) is 0 Å². The third-order valence-electron chi connectivity index (χ3n) is 1.95. The van der Waals surface area contributed by atoms with E-state index < -0.39 is 5.97 Å². The maximum Gasteiger partial charge on any atom is 0.328 e. The Morgan fingerprint density at radius 3 is 2.67 bits per heavy atom. The zero-order valence-corrected chi connectivity index (χ0v) is 8.97. The number of carboxylic acid groups (broad SMARTS) is 1. The van der Waals surface area contributed by atoms with Gasteiger partial charge in [0.1, 0.15) is 0 Å². The number of nitrogens with zero attached hydrogens (tertiary/aromatic N) is 1. The van der Waals surface area contributed by atoms with Gasteiger partial charge in [-0.15, -0.1) is 0 Å². The van der Waals surface area contributed by atoms with Crippen LogP contribution in [0, 0.1) is 0 Å². The molecule has 1 aromatic carbocycles. The summed E-state index contributed by atoms with van der Waals surface area (Å²) in [6, 6.07) is 7.78. The van der Waals surface area contributed by atoms with Crippen LogP contribution in [0.1, 0.15) is 11.1 Å². The third kappa shape index (κ3) is 3.95. The van der Waals surface area contributed by atoms with Gasteiger partial charge in [0, 0.05) is 12.6 Å². The molecule has 0 heterocycles. The van der Waals surface area contributed by atoms with E-state index in [2.05, 4.69) is 0 Å². The van der Waals surface area contributed by atoms with Gasteiger partial charge in [0.15, 0.2) is 0 Å². The Hall–Kier alpha value is -1.61. The van der Waals surface area contributed by atoms with Gasteiger partial charge in [-0.2, -0.15) is 0 Å². The van der Waals surface area contributed by atoms with Crippen LogP contribution >= 0.6 is 0 Å². The van der Waals surface area contributed by atoms with E-state index in [0.717, 1.165) is 23.7 Å². The first-order valence-electron chi connectivity index (χ1n) is 4.73. The second-order valence-electron chi connectivity index (χ2n) is 3.61. The topological polar surface area (TPSA) is 40.5 Å². The molecule has 1 rings (SSSR count). The number of hydrogen-bond acceptors (Lipinski definition) is 2. The molecule has 0 radical (unpaired) electrons. The quantitative estimate of drug-likeness (QED) is 0.762. The summed E-state index contributed by atoms with van der Waals surface area (Å²) < 4.78 is 0. The van der Waals surface area contributed by atoms with Gasteiger partial charge in [0.05, 0.1) is 0 Å². The first kappa shape index (κ1) is 11.5. The molecule has 0 fully saturated rings. The Morgan fingerprint density at radius 2 is 2.07 bits per heavy atom. The lowest BCUT2D eigenvalue weighted by Crippen LogP contribution is -2.11. The van der Waals surface area contributed by atoms with Crippen molar-refractivity contribution in [3.8, 4) is 0 Å². The summed E-state index contributed by atoms with van der Waals surface area (Å²) in [5.74, 6) is -0.922. The van der Waals surface area contributed by atoms with Crippen LogP contribution in [0.5, 0.6) is 0 Å². The van der Waals surface area contributed by atoms with Crippen LogP contribution in [0.4, 0.5) is 0 Å². The SMILES string of the molecule is CN(C)Cc1ccccc1/C=C/C(=O)O. The van der Waals surface area contributed by atoms with E-state index in [1.54, 1.807) is 6.08 Å². The molecular weight excluding hydrogens is 190 g/mol. The fourth-order valence-corrected chi connectivity index (χ4v) is 1.34. The highest BCUT2D eigenvalue weighted by atomic mass is 16.4. The van der Waals surface area contributed by atoms with Gasteiger partial charge in [-0.05, 0) is 31.3 Å². The molecule has 0 aliphatic carbocycles. The predicted molar refractivity (Wildman–Crippen MR) is 60.5 cm³/mol. The van der Waals surface area contributed by atoms with Crippen LogP contribution in [0.3, 0.4) is 0 Å². The van der Waals surface area contributed by atoms with E-state index in [0.29, 0.717) is 0 Å². The molecule has 0 saturated carbocycles. The maximum absolute atomic E-state index is 10.4. The zero-order valence-electron chi connectivity index (χ0n) is 8.97. The van der Waals surface area contributed by atoms with Crippen molar-refractivity contribution < 1.29 is 9.90 Å². The average Bonchev–Trinajstić information content (AvgIpc) is 2.15. The smallest absolute Gasteiger partial charge is 0.328 e. The lowest BCUT2D eigenvalue weighted by atomic mass is 10.1. The van der Waals surface area contributed by atoms with Crippen LogP contribution in [-0.4, -0.2) is 30.1 Å². The second kappa shape index (κ2) is 5.32. The van der Waals surface area contributed by atoms with Crippen LogP contribution in [0.15, 0.2) is 30.3 Å². The highest BCUT2D eigenvalue weighted by Gasteiger charge is 2.00. The van der Waals surface area contributed by atoms with Crippen molar-refractivity contribution in [1.82, 2.24) is 4.90 Å². The minimum Gasteiger partial charge on any atom is -0.478 e. The monoisotopic (exact) mass is 205 g/mol. The van der Waals surface area contributed by atoms with Crippen molar-refractivity contribution in [2.75, 3.05) is 14.1 Å². The van der Waals surface area contributed by atoms with Crippen LogP contribution in [0.2, 0.25) is 0 Å². The van der Waals surface area contributed by atoms with E-state index in [1.165, 1.54) is 0 Å². The Balaban J connectivity index is 2.91. The zero-order chi connectivity index (χ0) is 11.3. The number of benzene rings is 1. The predicted octanol–water partition coefficient (Wildman–Crippen LogP) is 1.85. The van der Waals surface area contributed by atoms with Gasteiger partial charge < -0.3 is 10.0 Å². The summed E-state index contributed by atoms with van der Waals surface area (Å²) in [5, 5.41) is 8.55. The van der Waals surface area contributed by atoms with Crippen LogP contribution < -0.4 is 0 Å². The molecule has 0 spiro atoms. The van der Waals surface area contributed by atoms with Gasteiger partial charge in [-0.25, -0.2) is 4.79 Å². The van der Waals surface area contributed by atoms with Crippen molar-refractivity contribution >= 4 is 12.0 Å². The molecule has 0 aliphatic rings. The summed E-state index contributed by atoms with van der Waals surface area (Å²) in [6.45, 7) is 0.806. The first-order valence-corrected chi connectivity index (χ1v) is 4.73. The molecule has 0 saturated heterocycles. The Morgan fingerprint density at radius 1 is 1.40 bits per heavy atom. The normalized spacial score (nSPS) is 11.1. The number of hydrogen-bond donors (Lipinski definition) is 1. The molecule has 3 nitrogen and oxygen atoms in total. The Labute approximate surface area is 89.6 Å². The number of aliphatic carboxylic acids is 1. The standard InChI is InChI=1S/C12H15NO2/c1-13(2)9-11-6-4-3-5-10(11)7-8-12(14)15/h3-8H,9H2,1-2H3,(H,14,15)/b8-7+. The molecular formula is C12H15NO2. The van der Waals surface area contributed by atoms with Gasteiger partial charge >= 0.3 is 5.97 Å². The molecule has 1 N–H and O–H groups in total. The molecule has 15 heavy (non-hydrogen) atoms. The molecule has 1 aromatic rings. The van der Waals surface area contributed by atoms with E-state index in [-0.39, 0.29) is 0 Å². The summed E-state index contributed by atoms with van der Waals surface area (Å²) in [6.07, 6.45) is 2.79. The Kier molecular flexibility index (Phi) is 4.06. The van der Waals surface area contributed by atoms with Crippen molar-refractivity contribution in [3.05, 3.63) is 41.5 Å². The largest absolute Gasteiger partial charge is 0.478 e. The lowest BCUT2D eigenvalue weighted by Gasteiger charge is -2.11. The number of carboxylic acids is 1. The molecule has 0 unspecified atom stereocenters. The molecule has 0 atom stereocenters. The number of carbonyl (C=O) groups is 1. The van der Waals surface area contributed by atoms with E-state index in [1.807, 2.05) is 43.3 Å². The lowest BCUT2D eigenvalue weighted by molar-refractivity contribution is -0.131. The van der Waals surface area contributed by atoms with E-state index in [9.17, 15) is 4.79 Å². The highest BCUT2D eigenvalue weighted by Crippen LogP contribution is 2.12. The van der Waals surface area contributed by atoms with Crippen molar-refractivity contribution in [2.45, 2.75) is 6.54 Å². The minimum absolute atomic E-state index is 0.806. The van der Waals surface area contributed by atoms with Gasteiger partial charge in [-0.3, -0.25) is 0 Å². The van der Waals surface area contributed by atoms with Crippen molar-refractivity contribution in [1.29, 1.82) is 0 Å². The average molecular weight is 205 g/mol. The molecule has 0 aliphatic heterocycles. The van der Waals surface area contributed by atoms with Crippen LogP contribution in [0.25, 0.3) is 6.08 Å². The first-order chi connectivity index (χ1) is 7.09. The maximum atomic E-state index is 10.4. The highest BCUT2D eigenvalue weighted by molar-refractivity contribution is 5.85. The van der Waals surface area contributed by atoms with E-state index in [4.69, 9.17) is 5.11 Å². The molecule has 0 aromatic heterocycles. The number of rotatable bonds is 4. The van der Waals surface area contributed by atoms with Crippen LogP contribution in [-0.2, 0) is 11.3 Å². The molecule has 80 valence electrons. The summed E-state index contributed by atoms with van der Waals surface area (Å²) >= 11 is 0. The minimum atomic E-state index is -0.922. The summed E-state index contributed by atoms with van der Waals surface area (Å²) in [5.41, 5.74) is 2.08. The molecule has 3 heteroatoms. The van der Waals surface area contributed by atoms with Gasteiger partial charge in [-0.1, -0.05) is 24.3 Å². The van der Waals surface area contributed by atoms with E-state index >= 15 is 0 Å². The fraction of sp³-hybridized carbons (Fsp3) is 0.250. The second-order valence-corrected chi connectivity index (χ2v) is 3.61. The molecule has 0 bridgehead atoms. The summed E-state index contributed by atoms with van der Waals surface area (Å²) in [7, 11) is 3.97. The Bertz CT molecular complexity index is 370. The summed E-state index contributed by atoms with van der Waals surface area (Å²) in [4.78, 5) is 12.5. The van der Waals surface area contributed by atoms with Gasteiger partial charge in [0.25, 0.3) is 0 Å². The van der Waals surface area contributed by atoms with Crippen molar-refractivity contribution in [3.63, 3.8) is 0 Å². The van der Waals surface area contributed by atoms with Crippen molar-refractivity contribution in [2.24, 2.45) is 0 Å². The third-order valence-corrected chi connectivity index (χ3v) is 1.95. The molecule has 0 amide bonds. The fourth-order valence-electron chi connectivity index (χ4n) is 1.34.